The zero-order valence-electron chi connectivity index (χ0n) is 26.7. The van der Waals surface area contributed by atoms with Crippen molar-refractivity contribution in [2.24, 2.45) is 5.92 Å². The minimum atomic E-state index is -1.24. The maximum Gasteiger partial charge on any atom is 0.273 e. The highest BCUT2D eigenvalue weighted by Crippen LogP contribution is 2.07. The number of hydrogen-bond acceptors (Lipinski definition) is 8. The minimum Gasteiger partial charge on any atom is -0.349 e. The highest BCUT2D eigenvalue weighted by Gasteiger charge is 2.29. The lowest BCUT2D eigenvalue weighted by molar-refractivity contribution is -0.134. The maximum absolute atomic E-state index is 13.3. The lowest BCUT2D eigenvalue weighted by atomic mass is 10.0. The van der Waals surface area contributed by atoms with E-state index in [1.54, 1.807) is 12.1 Å². The first kappa shape index (κ1) is 36.4. The molecule has 0 saturated carbocycles. The molecule has 246 valence electrons. The Morgan fingerprint density at radius 1 is 0.800 bits per heavy atom. The standard InChI is InChI=1S/C30H43N7O8/c1-16(2)14-23(33-19(5)38)29(44)32-17(3)26(41)31-18(4)27(42)34-22(12-13-25(40)36(6)7)24(39)15-37-30(45)21-11-9-8-10-20(21)28(43)35-37/h8-11,16-18,22-23H,12-15H2,1-7H3,(H,31,41)(H,32,44)(H,33,38)(H,34,42)(H,35,43). The van der Waals surface area contributed by atoms with E-state index in [4.69, 9.17) is 0 Å². The normalized spacial score (nSPS) is 13.7. The molecule has 5 amide bonds. The Labute approximate surface area is 260 Å². The number of aromatic nitrogens is 2. The Morgan fingerprint density at radius 3 is 1.91 bits per heavy atom. The van der Waals surface area contributed by atoms with Gasteiger partial charge in [-0.3, -0.25) is 43.5 Å². The van der Waals surface area contributed by atoms with E-state index >= 15 is 0 Å². The number of fused-ring (bicyclic) bond motifs is 1. The second-order valence-corrected chi connectivity index (χ2v) is 11.6. The van der Waals surface area contributed by atoms with Crippen LogP contribution in [0.3, 0.4) is 0 Å². The summed E-state index contributed by atoms with van der Waals surface area (Å²) in [7, 11) is 3.08. The zero-order chi connectivity index (χ0) is 34.0. The molecule has 45 heavy (non-hydrogen) atoms. The fourth-order valence-electron chi connectivity index (χ4n) is 4.46. The molecule has 5 N–H and O–H groups in total. The predicted octanol–water partition coefficient (Wildman–Crippen LogP) is -0.828. The number of nitrogens with one attached hydrogen (secondary N) is 5. The van der Waals surface area contributed by atoms with Crippen LogP contribution in [0, 0.1) is 5.92 Å². The van der Waals surface area contributed by atoms with Crippen LogP contribution in [-0.4, -0.2) is 88.3 Å². The first-order chi connectivity index (χ1) is 21.0. The number of Topliss-reactive ketones (excluding diaryl/α,β-unsaturated/α-hetero) is 1. The second-order valence-electron chi connectivity index (χ2n) is 11.6. The Balaban J connectivity index is 2.15. The van der Waals surface area contributed by atoms with E-state index in [0.717, 1.165) is 4.68 Å². The van der Waals surface area contributed by atoms with Crippen molar-refractivity contribution >= 4 is 46.1 Å². The third-order valence-corrected chi connectivity index (χ3v) is 6.95. The molecule has 0 fully saturated rings. The highest BCUT2D eigenvalue weighted by atomic mass is 16.2. The van der Waals surface area contributed by atoms with Gasteiger partial charge in [-0.25, -0.2) is 4.68 Å². The second kappa shape index (κ2) is 16.3. The number of carbonyl (C=O) groups is 6. The molecule has 0 aliphatic rings. The van der Waals surface area contributed by atoms with E-state index < -0.39 is 71.2 Å². The quantitative estimate of drug-likeness (QED) is 0.168. The molecule has 0 radical (unpaired) electrons. The number of rotatable bonds is 15. The van der Waals surface area contributed by atoms with Crippen molar-refractivity contribution in [2.45, 2.75) is 84.6 Å². The van der Waals surface area contributed by atoms with Gasteiger partial charge in [0.2, 0.25) is 29.5 Å². The number of ketones is 1. The van der Waals surface area contributed by atoms with Crippen LogP contribution in [0.4, 0.5) is 0 Å². The van der Waals surface area contributed by atoms with Crippen LogP contribution in [0.1, 0.15) is 53.9 Å². The van der Waals surface area contributed by atoms with Crippen LogP contribution in [0.2, 0.25) is 0 Å². The third kappa shape index (κ3) is 10.7. The van der Waals surface area contributed by atoms with Crippen LogP contribution >= 0.6 is 0 Å². The Bertz CT molecular complexity index is 1540. The zero-order valence-corrected chi connectivity index (χ0v) is 26.7. The molecule has 1 aromatic carbocycles. The lowest BCUT2D eigenvalue weighted by Gasteiger charge is -2.24. The number of amides is 5. The molecule has 0 spiro atoms. The number of aromatic amines is 1. The molecule has 0 aliphatic heterocycles. The van der Waals surface area contributed by atoms with Crippen molar-refractivity contribution in [3.63, 3.8) is 0 Å². The van der Waals surface area contributed by atoms with Crippen LogP contribution in [0.25, 0.3) is 10.8 Å². The van der Waals surface area contributed by atoms with Gasteiger partial charge < -0.3 is 26.2 Å². The fourth-order valence-corrected chi connectivity index (χ4v) is 4.46. The van der Waals surface area contributed by atoms with Gasteiger partial charge in [0.15, 0.2) is 5.78 Å². The average Bonchev–Trinajstić information content (AvgIpc) is 2.96. The summed E-state index contributed by atoms with van der Waals surface area (Å²) in [6.07, 6.45) is 0.133. The van der Waals surface area contributed by atoms with Gasteiger partial charge in [0.05, 0.1) is 16.8 Å². The number of H-pyrrole nitrogens is 1. The Kier molecular flexibility index (Phi) is 13.2. The van der Waals surface area contributed by atoms with Gasteiger partial charge >= 0.3 is 0 Å². The van der Waals surface area contributed by atoms with Crippen LogP contribution in [-0.2, 0) is 35.3 Å². The van der Waals surface area contributed by atoms with Crippen LogP contribution in [0.5, 0.6) is 0 Å². The Hall–Kier alpha value is -4.82. The van der Waals surface area contributed by atoms with Gasteiger partial charge in [-0.15, -0.1) is 0 Å². The lowest BCUT2D eigenvalue weighted by Crippen LogP contribution is -2.56. The van der Waals surface area contributed by atoms with E-state index in [2.05, 4.69) is 26.4 Å². The third-order valence-electron chi connectivity index (χ3n) is 6.95. The fraction of sp³-hybridized carbons (Fsp3) is 0.533. The summed E-state index contributed by atoms with van der Waals surface area (Å²) in [5, 5.41) is 12.7. The molecular weight excluding hydrogens is 586 g/mol. The number of benzene rings is 1. The molecule has 1 heterocycles. The van der Waals surface area contributed by atoms with Gasteiger partial charge in [0.1, 0.15) is 24.7 Å². The van der Waals surface area contributed by atoms with Crippen LogP contribution in [0.15, 0.2) is 33.9 Å². The molecule has 0 bridgehead atoms. The van der Waals surface area contributed by atoms with Crippen molar-refractivity contribution < 1.29 is 28.8 Å². The molecule has 15 heteroatoms. The van der Waals surface area contributed by atoms with Gasteiger partial charge in [0, 0.05) is 27.4 Å². The smallest absolute Gasteiger partial charge is 0.273 e. The van der Waals surface area contributed by atoms with Gasteiger partial charge in [-0.1, -0.05) is 26.0 Å². The van der Waals surface area contributed by atoms with Crippen molar-refractivity contribution in [3.05, 3.63) is 45.0 Å². The minimum absolute atomic E-state index is 0.0873. The first-order valence-electron chi connectivity index (χ1n) is 14.6. The number of nitrogens with zero attached hydrogens (tertiary/aromatic N) is 2. The van der Waals surface area contributed by atoms with Gasteiger partial charge in [0.25, 0.3) is 11.1 Å². The average molecular weight is 630 g/mol. The van der Waals surface area contributed by atoms with Crippen molar-refractivity contribution in [1.29, 1.82) is 0 Å². The molecule has 2 aromatic rings. The van der Waals surface area contributed by atoms with Gasteiger partial charge in [-0.2, -0.15) is 0 Å². The predicted molar refractivity (Wildman–Crippen MR) is 166 cm³/mol. The summed E-state index contributed by atoms with van der Waals surface area (Å²) in [6, 6.07) is 1.80. The largest absolute Gasteiger partial charge is 0.349 e. The van der Waals surface area contributed by atoms with E-state index in [1.807, 2.05) is 13.8 Å². The number of hydrogen-bond donors (Lipinski definition) is 5. The molecule has 4 unspecified atom stereocenters. The first-order valence-corrected chi connectivity index (χ1v) is 14.6. The van der Waals surface area contributed by atoms with Crippen molar-refractivity contribution in [3.8, 4) is 0 Å². The van der Waals surface area contributed by atoms with E-state index in [0.29, 0.717) is 6.42 Å². The van der Waals surface area contributed by atoms with Crippen molar-refractivity contribution in [1.82, 2.24) is 35.9 Å². The molecule has 4 atom stereocenters. The summed E-state index contributed by atoms with van der Waals surface area (Å²) < 4.78 is 0.850. The van der Waals surface area contributed by atoms with E-state index in [9.17, 15) is 38.4 Å². The van der Waals surface area contributed by atoms with Crippen LogP contribution < -0.4 is 32.4 Å². The summed E-state index contributed by atoms with van der Waals surface area (Å²) in [4.78, 5) is 102. The number of carbonyl (C=O) groups excluding carboxylic acids is 6. The topological polar surface area (TPSA) is 209 Å². The molecule has 0 aliphatic carbocycles. The SMILES string of the molecule is CC(=O)NC(CC(C)C)C(=O)NC(C)C(=O)NC(C)C(=O)NC(CCC(=O)N(C)C)C(=O)Cn1[nH]c(=O)c2ccccc2c1=O. The highest BCUT2D eigenvalue weighted by molar-refractivity contribution is 5.95. The molecule has 2 rings (SSSR count). The summed E-state index contributed by atoms with van der Waals surface area (Å²) >= 11 is 0. The molecular formula is C30H43N7O8. The van der Waals surface area contributed by atoms with E-state index in [-0.39, 0.29) is 35.4 Å². The summed E-state index contributed by atoms with van der Waals surface area (Å²) in [5.41, 5.74) is -1.19. The van der Waals surface area contributed by atoms with Gasteiger partial charge in [-0.05, 0) is 44.7 Å². The molecule has 1 aromatic heterocycles. The molecule has 0 saturated heterocycles. The van der Waals surface area contributed by atoms with Crippen molar-refractivity contribution in [2.75, 3.05) is 14.1 Å². The summed E-state index contributed by atoms with van der Waals surface area (Å²) in [5.74, 6) is -3.28. The summed E-state index contributed by atoms with van der Waals surface area (Å²) in [6.45, 7) is 7.25. The maximum atomic E-state index is 13.3. The van der Waals surface area contributed by atoms with E-state index in [1.165, 1.54) is 51.9 Å². The monoisotopic (exact) mass is 629 g/mol. The Morgan fingerprint density at radius 2 is 1.36 bits per heavy atom. The molecule has 15 nitrogen and oxygen atoms in total.